The van der Waals surface area contributed by atoms with Gasteiger partial charge in [-0.3, -0.25) is 9.97 Å². The van der Waals surface area contributed by atoms with E-state index in [9.17, 15) is 0 Å². The minimum atomic E-state index is 0. The third kappa shape index (κ3) is 6.50. The Hall–Kier alpha value is -3.01. The number of hydrogen-bond donors (Lipinski definition) is 0. The Bertz CT molecular complexity index is 1790. The molecule has 9 heteroatoms. The highest BCUT2D eigenvalue weighted by molar-refractivity contribution is 7.59. The van der Waals surface area contributed by atoms with Crippen molar-refractivity contribution in [2.24, 2.45) is 25.9 Å². The van der Waals surface area contributed by atoms with Gasteiger partial charge in [0.1, 0.15) is 11.6 Å². The van der Waals surface area contributed by atoms with Crippen molar-refractivity contribution >= 4 is 46.7 Å². The molecule has 4 fully saturated rings. The number of ether oxygens (including phenoxy) is 2. The van der Waals surface area contributed by atoms with Crippen LogP contribution in [0.5, 0.6) is 0 Å². The van der Waals surface area contributed by atoms with Gasteiger partial charge in [0.05, 0.1) is 45.8 Å². The molecule has 4 aromatic heterocycles. The lowest BCUT2D eigenvalue weighted by atomic mass is 9.88. The molecule has 2 saturated carbocycles. The van der Waals surface area contributed by atoms with Crippen molar-refractivity contribution in [1.29, 1.82) is 0 Å². The fourth-order valence-corrected chi connectivity index (χ4v) is 10.1. The van der Waals surface area contributed by atoms with Crippen LogP contribution in [0.2, 0.25) is 0 Å². The summed E-state index contributed by atoms with van der Waals surface area (Å²) < 4.78 is 15.8. The Morgan fingerprint density at radius 2 is 0.922 bits per heavy atom. The number of imidazole rings is 2. The standard InChI is InChI=1S/2C21H27N3O.H2S/c2*1-24-18-13-22-17-8-7-16(14-9-11-25-12-10-14)19(17)20(18)23-21(24)15-5-3-2-4-6-15;/h2*7,13-15H,2-6,8-12H2,1H3;1H2. The zero-order valence-electron chi connectivity index (χ0n) is 30.8. The summed E-state index contributed by atoms with van der Waals surface area (Å²) >= 11 is 0. The van der Waals surface area contributed by atoms with Crippen molar-refractivity contribution in [3.8, 4) is 0 Å². The predicted molar refractivity (Wildman–Crippen MR) is 209 cm³/mol. The van der Waals surface area contributed by atoms with Crippen LogP contribution in [0.1, 0.15) is 136 Å². The highest BCUT2D eigenvalue weighted by Crippen LogP contribution is 2.43. The first-order valence-electron chi connectivity index (χ1n) is 19.9. The van der Waals surface area contributed by atoms with E-state index in [1.54, 1.807) is 0 Å². The van der Waals surface area contributed by atoms with Crippen LogP contribution in [0.15, 0.2) is 24.5 Å². The van der Waals surface area contributed by atoms with E-state index in [4.69, 9.17) is 29.4 Å². The highest BCUT2D eigenvalue weighted by atomic mass is 32.1. The SMILES string of the molecule is Cn1c(C2CCCCC2)nc2c3c(ncc21)CC=C3C1CCOCC1.Cn1c(C2CCCCC2)nc2c3c(ncc21)CC=C3C1CCOCC1.S. The van der Waals surface area contributed by atoms with Gasteiger partial charge in [0, 0.05) is 76.3 Å². The smallest absolute Gasteiger partial charge is 0.112 e. The molecule has 0 N–H and O–H groups in total. The normalized spacial score (nSPS) is 21.9. The summed E-state index contributed by atoms with van der Waals surface area (Å²) in [6.07, 6.45) is 28.6. The molecular formula is C42H56N6O2S. The summed E-state index contributed by atoms with van der Waals surface area (Å²) in [5, 5.41) is 0. The fraction of sp³-hybridized carbons (Fsp3) is 0.619. The van der Waals surface area contributed by atoms with Crippen LogP contribution in [-0.2, 0) is 36.4 Å². The van der Waals surface area contributed by atoms with E-state index in [1.165, 1.54) is 132 Å². The van der Waals surface area contributed by atoms with Crippen molar-refractivity contribution < 1.29 is 9.47 Å². The van der Waals surface area contributed by atoms with Gasteiger partial charge < -0.3 is 18.6 Å². The van der Waals surface area contributed by atoms with Crippen LogP contribution in [0.25, 0.3) is 33.2 Å². The molecular weight excluding hydrogens is 653 g/mol. The molecule has 2 aliphatic heterocycles. The number of pyridine rings is 2. The van der Waals surface area contributed by atoms with Crippen molar-refractivity contribution in [3.05, 3.63) is 58.7 Å². The van der Waals surface area contributed by atoms with Crippen molar-refractivity contribution in [2.45, 2.75) is 115 Å². The van der Waals surface area contributed by atoms with E-state index in [0.717, 1.165) is 65.0 Å². The van der Waals surface area contributed by atoms with Crippen LogP contribution >= 0.6 is 13.5 Å². The van der Waals surface area contributed by atoms with Crippen LogP contribution in [0.4, 0.5) is 0 Å². The molecule has 0 aromatic carbocycles. The molecule has 8 nitrogen and oxygen atoms in total. The van der Waals surface area contributed by atoms with Gasteiger partial charge in [0.25, 0.3) is 0 Å². The zero-order valence-corrected chi connectivity index (χ0v) is 31.8. The Morgan fingerprint density at radius 1 is 0.529 bits per heavy atom. The van der Waals surface area contributed by atoms with E-state index >= 15 is 0 Å². The molecule has 51 heavy (non-hydrogen) atoms. The maximum atomic E-state index is 5.57. The van der Waals surface area contributed by atoms with E-state index < -0.39 is 0 Å². The first-order chi connectivity index (χ1) is 24.7. The first-order valence-corrected chi connectivity index (χ1v) is 19.9. The van der Waals surface area contributed by atoms with Gasteiger partial charge in [-0.1, -0.05) is 50.7 Å². The summed E-state index contributed by atoms with van der Waals surface area (Å²) in [7, 11) is 4.36. The number of allylic oxidation sites excluding steroid dienone is 4. The van der Waals surface area contributed by atoms with Gasteiger partial charge in [-0.25, -0.2) is 9.97 Å². The van der Waals surface area contributed by atoms with Crippen LogP contribution in [0, 0.1) is 11.8 Å². The second-order valence-electron chi connectivity index (χ2n) is 15.9. The number of aryl methyl sites for hydroxylation is 2. The van der Waals surface area contributed by atoms with E-state index in [0.29, 0.717) is 23.7 Å². The van der Waals surface area contributed by atoms with Gasteiger partial charge in [-0.05, 0) is 74.3 Å². The lowest BCUT2D eigenvalue weighted by molar-refractivity contribution is 0.0807. The van der Waals surface area contributed by atoms with Crippen LogP contribution in [-0.4, -0.2) is 55.5 Å². The predicted octanol–water partition coefficient (Wildman–Crippen LogP) is 8.88. The quantitative estimate of drug-likeness (QED) is 0.211. The number of fused-ring (bicyclic) bond motifs is 6. The third-order valence-electron chi connectivity index (χ3n) is 13.0. The number of nitrogens with zero attached hydrogens (tertiary/aromatic N) is 6. The molecule has 4 aromatic rings. The minimum absolute atomic E-state index is 0. The van der Waals surface area contributed by atoms with Gasteiger partial charge in [0.2, 0.25) is 0 Å². The van der Waals surface area contributed by atoms with Crippen LogP contribution in [0.3, 0.4) is 0 Å². The molecule has 0 spiro atoms. The van der Waals surface area contributed by atoms with E-state index in [1.807, 2.05) is 12.4 Å². The lowest BCUT2D eigenvalue weighted by Crippen LogP contribution is -2.16. The maximum Gasteiger partial charge on any atom is 0.112 e. The second-order valence-corrected chi connectivity index (χ2v) is 15.9. The third-order valence-corrected chi connectivity index (χ3v) is 13.0. The Kier molecular flexibility index (Phi) is 10.4. The molecule has 0 unspecified atom stereocenters. The lowest BCUT2D eigenvalue weighted by Gasteiger charge is -2.24. The van der Waals surface area contributed by atoms with E-state index in [-0.39, 0.29) is 13.5 Å². The molecule has 2 saturated heterocycles. The topological polar surface area (TPSA) is 79.9 Å². The van der Waals surface area contributed by atoms with Crippen molar-refractivity contribution in [2.75, 3.05) is 26.4 Å². The second kappa shape index (κ2) is 15.2. The Balaban J connectivity index is 0.000000144. The molecule has 10 rings (SSSR count). The minimum Gasteiger partial charge on any atom is -0.381 e. The molecule has 0 amide bonds. The summed E-state index contributed by atoms with van der Waals surface area (Å²) in [5.41, 5.74) is 12.9. The summed E-state index contributed by atoms with van der Waals surface area (Å²) in [6.45, 7) is 3.54. The summed E-state index contributed by atoms with van der Waals surface area (Å²) in [4.78, 5) is 20.0. The largest absolute Gasteiger partial charge is 0.381 e. The van der Waals surface area contributed by atoms with Crippen LogP contribution < -0.4 is 0 Å². The van der Waals surface area contributed by atoms with E-state index in [2.05, 4.69) is 35.4 Å². The summed E-state index contributed by atoms with van der Waals surface area (Å²) in [6, 6.07) is 0. The Labute approximate surface area is 310 Å². The number of rotatable bonds is 4. The molecule has 0 atom stereocenters. The molecule has 6 heterocycles. The average molecular weight is 709 g/mol. The van der Waals surface area contributed by atoms with Gasteiger partial charge in [-0.15, -0.1) is 0 Å². The van der Waals surface area contributed by atoms with Crippen molar-refractivity contribution in [3.63, 3.8) is 0 Å². The molecule has 0 bridgehead atoms. The van der Waals surface area contributed by atoms with Crippen molar-refractivity contribution in [1.82, 2.24) is 29.1 Å². The number of aromatic nitrogens is 6. The molecule has 4 aliphatic carbocycles. The maximum absolute atomic E-state index is 5.57. The first kappa shape index (κ1) is 35.0. The molecule has 272 valence electrons. The number of hydrogen-bond acceptors (Lipinski definition) is 6. The highest BCUT2D eigenvalue weighted by Gasteiger charge is 2.32. The zero-order chi connectivity index (χ0) is 33.6. The average Bonchev–Trinajstić information content (AvgIpc) is 3.96. The van der Waals surface area contributed by atoms with Gasteiger partial charge in [0.15, 0.2) is 0 Å². The molecule has 6 aliphatic rings. The summed E-state index contributed by atoms with van der Waals surface area (Å²) in [5.74, 6) is 5.04. The Morgan fingerprint density at radius 3 is 1.31 bits per heavy atom. The molecule has 0 radical (unpaired) electrons. The van der Waals surface area contributed by atoms with Gasteiger partial charge in [-0.2, -0.15) is 13.5 Å². The van der Waals surface area contributed by atoms with Gasteiger partial charge >= 0.3 is 0 Å². The fourth-order valence-electron chi connectivity index (χ4n) is 10.1. The monoisotopic (exact) mass is 708 g/mol.